The molecule has 0 heterocycles. The molecule has 0 spiro atoms. The van der Waals surface area contributed by atoms with Crippen molar-refractivity contribution in [3.05, 3.63) is 24.0 Å². The molecule has 1 saturated carbocycles. The zero-order chi connectivity index (χ0) is 18.7. The van der Waals surface area contributed by atoms with Crippen LogP contribution >= 0.6 is 0 Å². The van der Waals surface area contributed by atoms with Crippen LogP contribution in [0, 0.1) is 11.8 Å². The van der Waals surface area contributed by atoms with Gasteiger partial charge in [0.05, 0.1) is 24.1 Å². The lowest BCUT2D eigenvalue weighted by Gasteiger charge is -2.24. The Morgan fingerprint density at radius 1 is 1.04 bits per heavy atom. The molecule has 0 aromatic rings. The lowest BCUT2D eigenvalue weighted by Crippen LogP contribution is -2.23. The molecule has 146 valence electrons. The number of hydrogen-bond donors (Lipinski definition) is 4. The molecular formula is C21H38O4. The van der Waals surface area contributed by atoms with Crippen molar-refractivity contribution in [3.8, 4) is 0 Å². The summed E-state index contributed by atoms with van der Waals surface area (Å²) in [7, 11) is 0. The van der Waals surface area contributed by atoms with Gasteiger partial charge in [0, 0.05) is 0 Å². The third-order valence-corrected chi connectivity index (χ3v) is 5.38. The predicted octanol–water partition coefficient (Wildman–Crippen LogP) is 4.25. The first-order valence-electron chi connectivity index (χ1n) is 10.0. The van der Waals surface area contributed by atoms with Crippen molar-refractivity contribution in [1.82, 2.24) is 0 Å². The third-order valence-electron chi connectivity index (χ3n) is 5.38. The SMILES string of the molecule is CCCCC[C@H](O)CC[C@H]1[C@H](O)CC(O)[C@@H]1CCC/C=C/C=C(\C)O. The van der Waals surface area contributed by atoms with Crippen molar-refractivity contribution < 1.29 is 20.4 Å². The summed E-state index contributed by atoms with van der Waals surface area (Å²) in [6.45, 7) is 3.80. The minimum absolute atomic E-state index is 0.0967. The number of hydrogen-bond acceptors (Lipinski definition) is 4. The van der Waals surface area contributed by atoms with E-state index in [2.05, 4.69) is 6.92 Å². The molecule has 0 aromatic heterocycles. The van der Waals surface area contributed by atoms with Crippen LogP contribution < -0.4 is 0 Å². The van der Waals surface area contributed by atoms with Gasteiger partial charge in [-0.25, -0.2) is 0 Å². The number of aliphatic hydroxyl groups is 4. The van der Waals surface area contributed by atoms with E-state index in [9.17, 15) is 15.3 Å². The molecular weight excluding hydrogens is 316 g/mol. The first kappa shape index (κ1) is 22.2. The van der Waals surface area contributed by atoms with Crippen LogP contribution in [0.4, 0.5) is 0 Å². The molecule has 4 N–H and O–H groups in total. The molecule has 4 nitrogen and oxygen atoms in total. The average molecular weight is 355 g/mol. The number of rotatable bonds is 12. The van der Waals surface area contributed by atoms with E-state index in [1.54, 1.807) is 13.0 Å². The highest BCUT2D eigenvalue weighted by Gasteiger charge is 2.40. The van der Waals surface area contributed by atoms with Gasteiger partial charge in [-0.3, -0.25) is 0 Å². The van der Waals surface area contributed by atoms with Crippen molar-refractivity contribution in [3.63, 3.8) is 0 Å². The fraction of sp³-hybridized carbons (Fsp3) is 0.810. The van der Waals surface area contributed by atoms with E-state index in [1.165, 1.54) is 0 Å². The van der Waals surface area contributed by atoms with Crippen LogP contribution in [-0.2, 0) is 0 Å². The second-order valence-electron chi connectivity index (χ2n) is 7.59. The van der Waals surface area contributed by atoms with E-state index in [-0.39, 0.29) is 17.9 Å². The molecule has 1 aliphatic carbocycles. The Morgan fingerprint density at radius 3 is 2.36 bits per heavy atom. The maximum absolute atomic E-state index is 10.3. The molecule has 1 unspecified atom stereocenters. The third kappa shape index (κ3) is 8.89. The van der Waals surface area contributed by atoms with Gasteiger partial charge in [0.1, 0.15) is 0 Å². The van der Waals surface area contributed by atoms with Crippen LogP contribution in [-0.4, -0.2) is 38.7 Å². The summed E-state index contributed by atoms with van der Waals surface area (Å²) < 4.78 is 0. The van der Waals surface area contributed by atoms with Crippen LogP contribution in [0.1, 0.15) is 78.1 Å². The zero-order valence-electron chi connectivity index (χ0n) is 16.0. The Kier molecular flexibility index (Phi) is 11.1. The number of allylic oxidation sites excluding steroid dienone is 4. The van der Waals surface area contributed by atoms with Crippen molar-refractivity contribution in [2.75, 3.05) is 0 Å². The average Bonchev–Trinajstić information content (AvgIpc) is 2.82. The van der Waals surface area contributed by atoms with E-state index in [0.29, 0.717) is 12.2 Å². The van der Waals surface area contributed by atoms with E-state index < -0.39 is 12.2 Å². The zero-order valence-corrected chi connectivity index (χ0v) is 16.0. The normalized spacial score (nSPS) is 28.8. The van der Waals surface area contributed by atoms with Crippen molar-refractivity contribution in [1.29, 1.82) is 0 Å². The molecule has 4 heteroatoms. The van der Waals surface area contributed by atoms with E-state index in [0.717, 1.165) is 57.8 Å². The Labute approximate surface area is 153 Å². The Balaban J connectivity index is 2.37. The van der Waals surface area contributed by atoms with Gasteiger partial charge in [-0.2, -0.15) is 0 Å². The summed E-state index contributed by atoms with van der Waals surface area (Å²) in [5.41, 5.74) is 0. The van der Waals surface area contributed by atoms with Crippen LogP contribution in [0.2, 0.25) is 0 Å². The second kappa shape index (κ2) is 12.5. The summed E-state index contributed by atoms with van der Waals surface area (Å²) in [5, 5.41) is 39.7. The molecule has 0 aromatic carbocycles. The maximum atomic E-state index is 10.3. The maximum Gasteiger partial charge on any atom is 0.0891 e. The van der Waals surface area contributed by atoms with E-state index in [4.69, 9.17) is 5.11 Å². The Morgan fingerprint density at radius 2 is 1.72 bits per heavy atom. The summed E-state index contributed by atoms with van der Waals surface area (Å²) in [6, 6.07) is 0. The molecule has 0 bridgehead atoms. The molecule has 1 aliphatic rings. The molecule has 5 atom stereocenters. The minimum Gasteiger partial charge on any atom is -0.513 e. The Bertz CT molecular complexity index is 401. The van der Waals surface area contributed by atoms with Crippen LogP contribution in [0.25, 0.3) is 0 Å². The molecule has 0 amide bonds. The lowest BCUT2D eigenvalue weighted by atomic mass is 9.84. The summed E-state index contributed by atoms with van der Waals surface area (Å²) in [5.74, 6) is 0.517. The molecule has 0 radical (unpaired) electrons. The lowest BCUT2D eigenvalue weighted by molar-refractivity contribution is 0.0803. The van der Waals surface area contributed by atoms with E-state index in [1.807, 2.05) is 12.2 Å². The van der Waals surface area contributed by atoms with Gasteiger partial charge >= 0.3 is 0 Å². The first-order chi connectivity index (χ1) is 12.0. The fourth-order valence-electron chi connectivity index (χ4n) is 3.91. The van der Waals surface area contributed by atoms with Crippen molar-refractivity contribution in [2.24, 2.45) is 11.8 Å². The quantitative estimate of drug-likeness (QED) is 0.240. The summed E-state index contributed by atoms with van der Waals surface area (Å²) in [6.07, 6.45) is 13.3. The van der Waals surface area contributed by atoms with Gasteiger partial charge < -0.3 is 20.4 Å². The molecule has 1 fully saturated rings. The van der Waals surface area contributed by atoms with Gasteiger partial charge in [-0.1, -0.05) is 38.3 Å². The highest BCUT2D eigenvalue weighted by atomic mass is 16.3. The molecule has 0 aliphatic heterocycles. The number of unbranched alkanes of at least 4 members (excludes halogenated alkanes) is 3. The van der Waals surface area contributed by atoms with E-state index >= 15 is 0 Å². The fourth-order valence-corrected chi connectivity index (χ4v) is 3.91. The monoisotopic (exact) mass is 354 g/mol. The first-order valence-corrected chi connectivity index (χ1v) is 10.0. The molecule has 25 heavy (non-hydrogen) atoms. The van der Waals surface area contributed by atoms with Crippen LogP contribution in [0.3, 0.4) is 0 Å². The smallest absolute Gasteiger partial charge is 0.0891 e. The predicted molar refractivity (Wildman–Crippen MR) is 102 cm³/mol. The standard InChI is InChI=1S/C21H38O4/c1-3-4-7-11-17(23)13-14-19-18(20(24)15-21(19)25)12-9-6-5-8-10-16(2)22/h5,8,10,17-25H,3-4,6-7,9,11-15H2,1-2H3/b8-5+,16-10+/t17-,18+,19+,20?,21+/m0/s1. The van der Waals surface area contributed by atoms with Crippen LogP contribution in [0.15, 0.2) is 24.0 Å². The van der Waals surface area contributed by atoms with Gasteiger partial charge in [-0.15, -0.1) is 0 Å². The van der Waals surface area contributed by atoms with Gasteiger partial charge in [-0.05, 0) is 69.8 Å². The minimum atomic E-state index is -0.446. The van der Waals surface area contributed by atoms with Gasteiger partial charge in [0.15, 0.2) is 0 Å². The van der Waals surface area contributed by atoms with Crippen molar-refractivity contribution >= 4 is 0 Å². The van der Waals surface area contributed by atoms with Crippen LogP contribution in [0.5, 0.6) is 0 Å². The Hall–Kier alpha value is -0.840. The highest BCUT2D eigenvalue weighted by molar-refractivity contribution is 5.04. The van der Waals surface area contributed by atoms with Crippen molar-refractivity contribution in [2.45, 2.75) is 96.4 Å². The summed E-state index contributed by atoms with van der Waals surface area (Å²) in [4.78, 5) is 0. The molecule has 0 saturated heterocycles. The van der Waals surface area contributed by atoms with Gasteiger partial charge in [0.2, 0.25) is 0 Å². The topological polar surface area (TPSA) is 80.9 Å². The van der Waals surface area contributed by atoms with Gasteiger partial charge in [0.25, 0.3) is 0 Å². The largest absolute Gasteiger partial charge is 0.513 e. The molecule has 1 rings (SSSR count). The highest BCUT2D eigenvalue weighted by Crippen LogP contribution is 2.39. The summed E-state index contributed by atoms with van der Waals surface area (Å²) >= 11 is 0. The second-order valence-corrected chi connectivity index (χ2v) is 7.59. The number of aliphatic hydroxyl groups excluding tert-OH is 4.